The topological polar surface area (TPSA) is 0 Å². The van der Waals surface area contributed by atoms with Gasteiger partial charge in [0, 0.05) is 6.15 Å². The smallest absolute Gasteiger partial charge is 0 e. The Labute approximate surface area is 46.0 Å². The summed E-state index contributed by atoms with van der Waals surface area (Å²) in [7, 11) is 0. The van der Waals surface area contributed by atoms with Crippen LogP contribution in [-0.2, 0) is 0 Å². The molecule has 0 nitrogen and oxygen atoms in total. The van der Waals surface area contributed by atoms with E-state index in [9.17, 15) is 0 Å². The standard InChI is InChI=1S/C6H12.Ne/c1-3-5-6-4-2;/h3H,1,4-6H2,2H3;. The SMILES string of the molecule is C=CCCCC.[Ne]. The van der Waals surface area contributed by atoms with Gasteiger partial charge in [0.1, 0.15) is 0 Å². The van der Waals surface area contributed by atoms with Crippen molar-refractivity contribution in [2.45, 2.75) is 26.2 Å². The summed E-state index contributed by atoms with van der Waals surface area (Å²) in [5, 5.41) is 0. The van der Waals surface area contributed by atoms with Gasteiger partial charge in [0.25, 0.3) is 0 Å². The number of hydrogen-bond donors (Lipinski definition) is 0. The molecule has 0 radical (unpaired) electrons. The van der Waals surface area contributed by atoms with Gasteiger partial charge >= 0.3 is 0 Å². The molecule has 0 saturated carbocycles. The number of allylic oxidation sites excluding steroid dienone is 1. The Morgan fingerprint density at radius 1 is 1.57 bits per heavy atom. The first kappa shape index (κ1) is 9.82. The molecule has 0 bridgehead atoms. The van der Waals surface area contributed by atoms with E-state index in [1.807, 2.05) is 6.08 Å². The maximum absolute atomic E-state index is 3.60. The van der Waals surface area contributed by atoms with Crippen molar-refractivity contribution in [2.75, 3.05) is 0 Å². The Bertz CT molecular complexity index is 33.2. The van der Waals surface area contributed by atoms with Crippen molar-refractivity contribution in [3.63, 3.8) is 0 Å². The van der Waals surface area contributed by atoms with Crippen LogP contribution in [0.1, 0.15) is 26.2 Å². The summed E-state index contributed by atoms with van der Waals surface area (Å²) >= 11 is 0. The van der Waals surface area contributed by atoms with Gasteiger partial charge in [-0.3, -0.25) is 0 Å². The number of unbranched alkanes of at least 4 members (excludes halogenated alkanes) is 2. The third kappa shape index (κ3) is 10.7. The van der Waals surface area contributed by atoms with Crippen molar-refractivity contribution >= 4 is 0 Å². The van der Waals surface area contributed by atoms with Crippen molar-refractivity contribution in [3.8, 4) is 0 Å². The van der Waals surface area contributed by atoms with E-state index in [4.69, 9.17) is 0 Å². The van der Waals surface area contributed by atoms with Crippen LogP contribution in [0.3, 0.4) is 0 Å². The Morgan fingerprint density at radius 2 is 2.14 bits per heavy atom. The van der Waals surface area contributed by atoms with Crippen LogP contribution in [-0.4, -0.2) is 0 Å². The van der Waals surface area contributed by atoms with Gasteiger partial charge in [-0.15, -0.1) is 6.58 Å². The molecule has 0 aliphatic carbocycles. The van der Waals surface area contributed by atoms with Gasteiger partial charge in [-0.2, -0.15) is 0 Å². The summed E-state index contributed by atoms with van der Waals surface area (Å²) in [6.07, 6.45) is 5.72. The van der Waals surface area contributed by atoms with E-state index >= 15 is 0 Å². The Balaban J connectivity index is 0. The van der Waals surface area contributed by atoms with Crippen LogP contribution in [0.4, 0.5) is 0 Å². The minimum atomic E-state index is 0. The van der Waals surface area contributed by atoms with Gasteiger partial charge in [0.2, 0.25) is 0 Å². The minimum Gasteiger partial charge on any atom is -0.103 e. The third-order valence-corrected chi connectivity index (χ3v) is 0.762. The molecule has 0 atom stereocenters. The molecule has 0 aromatic carbocycles. The number of hydrogen-bond acceptors (Lipinski definition) is 0. The van der Waals surface area contributed by atoms with E-state index in [1.165, 1.54) is 19.3 Å². The monoisotopic (exact) mass is 104 g/mol. The summed E-state index contributed by atoms with van der Waals surface area (Å²) in [5.41, 5.74) is 0. The van der Waals surface area contributed by atoms with Gasteiger partial charge < -0.3 is 0 Å². The van der Waals surface area contributed by atoms with Crippen LogP contribution < -0.4 is 0 Å². The molecule has 0 aromatic heterocycles. The Morgan fingerprint density at radius 3 is 2.29 bits per heavy atom. The molecule has 1 heteroatoms. The van der Waals surface area contributed by atoms with Crippen molar-refractivity contribution < 1.29 is 6.15 Å². The molecule has 0 aliphatic rings. The molecule has 0 rings (SSSR count). The third-order valence-electron chi connectivity index (χ3n) is 0.762. The maximum Gasteiger partial charge on any atom is 0 e. The molecule has 44 valence electrons. The zero-order valence-electron chi connectivity index (χ0n) is 4.76. The van der Waals surface area contributed by atoms with Crippen LogP contribution >= 0.6 is 0 Å². The van der Waals surface area contributed by atoms with E-state index in [-0.39, 0.29) is 6.15 Å². The van der Waals surface area contributed by atoms with Crippen molar-refractivity contribution in [1.82, 2.24) is 0 Å². The quantitative estimate of drug-likeness (QED) is 0.381. The van der Waals surface area contributed by atoms with Crippen LogP contribution in [0, 0.1) is 6.15 Å². The second-order valence-corrected chi connectivity index (χ2v) is 1.43. The molecule has 0 aromatic rings. The molecule has 0 saturated heterocycles. The average Bonchev–Trinajstić information content (AvgIpc) is 1.61. The van der Waals surface area contributed by atoms with Crippen molar-refractivity contribution in [2.24, 2.45) is 0 Å². The second kappa shape index (κ2) is 9.17. The fourth-order valence-electron chi connectivity index (χ4n) is 0.348. The summed E-state index contributed by atoms with van der Waals surface area (Å²) in [6, 6.07) is 0. The predicted molar refractivity (Wildman–Crippen MR) is 29.7 cm³/mol. The molecule has 0 heterocycles. The van der Waals surface area contributed by atoms with E-state index in [0.29, 0.717) is 0 Å². The molecule has 0 N–H and O–H groups in total. The summed E-state index contributed by atoms with van der Waals surface area (Å²) in [4.78, 5) is 0. The summed E-state index contributed by atoms with van der Waals surface area (Å²) in [5.74, 6) is 0. The fraction of sp³-hybridized carbons (Fsp3) is 0.667. The largest absolute Gasteiger partial charge is 0.103 e. The molecular weight excluding hydrogens is 92.2 g/mol. The summed E-state index contributed by atoms with van der Waals surface area (Å²) < 4.78 is 0. The fourth-order valence-corrected chi connectivity index (χ4v) is 0.348. The molecular formula is C6H12Ne. The second-order valence-electron chi connectivity index (χ2n) is 1.43. The first-order valence-electron chi connectivity index (χ1n) is 2.52. The van der Waals surface area contributed by atoms with Crippen molar-refractivity contribution in [1.29, 1.82) is 0 Å². The molecule has 0 aliphatic heterocycles. The normalized spacial score (nSPS) is 7.00. The van der Waals surface area contributed by atoms with E-state index in [0.717, 1.165) is 0 Å². The van der Waals surface area contributed by atoms with Crippen LogP contribution in [0.5, 0.6) is 0 Å². The van der Waals surface area contributed by atoms with Gasteiger partial charge in [-0.1, -0.05) is 25.8 Å². The first-order chi connectivity index (χ1) is 2.91. The summed E-state index contributed by atoms with van der Waals surface area (Å²) in [6.45, 7) is 5.78. The Kier molecular flexibility index (Phi) is 12.9. The Hall–Kier alpha value is -0.351. The molecule has 0 fully saturated rings. The average molecular weight is 104 g/mol. The molecule has 0 unspecified atom stereocenters. The van der Waals surface area contributed by atoms with E-state index in [2.05, 4.69) is 13.5 Å². The van der Waals surface area contributed by atoms with Crippen molar-refractivity contribution in [3.05, 3.63) is 12.7 Å². The van der Waals surface area contributed by atoms with Gasteiger partial charge in [0.15, 0.2) is 0 Å². The molecule has 7 heavy (non-hydrogen) atoms. The zero-order chi connectivity index (χ0) is 4.83. The predicted octanol–water partition coefficient (Wildman–Crippen LogP) is 2.36. The van der Waals surface area contributed by atoms with E-state index in [1.54, 1.807) is 0 Å². The zero-order valence-corrected chi connectivity index (χ0v) is 4.76. The maximum atomic E-state index is 3.60. The first-order valence-corrected chi connectivity index (χ1v) is 2.52. The van der Waals surface area contributed by atoms with Crippen LogP contribution in [0.15, 0.2) is 12.7 Å². The van der Waals surface area contributed by atoms with E-state index < -0.39 is 0 Å². The number of rotatable bonds is 3. The van der Waals surface area contributed by atoms with Crippen LogP contribution in [0.2, 0.25) is 0 Å². The van der Waals surface area contributed by atoms with Gasteiger partial charge in [0.05, 0.1) is 0 Å². The van der Waals surface area contributed by atoms with Gasteiger partial charge in [-0.25, -0.2) is 0 Å². The molecule has 0 spiro atoms. The minimum absolute atomic E-state index is 0. The van der Waals surface area contributed by atoms with Crippen LogP contribution in [0.25, 0.3) is 0 Å². The van der Waals surface area contributed by atoms with Gasteiger partial charge in [-0.05, 0) is 6.42 Å². The molecule has 0 amide bonds.